The van der Waals surface area contributed by atoms with Gasteiger partial charge in [0.2, 0.25) is 0 Å². The van der Waals surface area contributed by atoms with Gasteiger partial charge in [0.1, 0.15) is 6.10 Å². The maximum Gasteiger partial charge on any atom is 0.311 e. The maximum atomic E-state index is 12.0. The standard InChI is InChI=1S/C28H56N2O7.C9H18O3.C4H8O3.2C2H6/c1-17(16-30(10)20(4)25(32)27(5,6)7)15-28(8,34)23(14-22(31)19(3)26(33)35-11)37-24-13-21(29-9)12-18(2)36-24;1-5-6-11-7(2)8(3)12-9(4)10;1-7-4(6)2-3-5;2*1-2/h17-25,29,31-32,34H,12-16H2,1-11H3;7-8H,5-6H2,1-4H3;5H,2-3H2,1H3;2*1-2H3/t17-,18?,19?,20?,21?,22+,23-,24?,25?,28-;7?,8-;;;/m11.../s1. The average Bonchev–Trinajstić information content (AvgIpc) is 3.19. The van der Waals surface area contributed by atoms with Gasteiger partial charge in [-0.25, -0.2) is 0 Å². The molecule has 60 heavy (non-hydrogen) atoms. The van der Waals surface area contributed by atoms with Crippen LogP contribution in [0.1, 0.15) is 149 Å². The summed E-state index contributed by atoms with van der Waals surface area (Å²) in [6.45, 7) is 31.9. The highest BCUT2D eigenvalue weighted by Crippen LogP contribution is 2.32. The van der Waals surface area contributed by atoms with Gasteiger partial charge in [0, 0.05) is 45.0 Å². The van der Waals surface area contributed by atoms with E-state index >= 15 is 0 Å². The molecule has 0 radical (unpaired) electrons. The largest absolute Gasteiger partial charge is 0.469 e. The number of likely N-dealkylation sites (N-methyl/N-ethyl adjacent to an activating group) is 1. The smallest absolute Gasteiger partial charge is 0.311 e. The Bertz CT molecular complexity index is 1070. The van der Waals surface area contributed by atoms with Gasteiger partial charge in [0.05, 0.1) is 69.3 Å². The molecule has 15 nitrogen and oxygen atoms in total. The fourth-order valence-electron chi connectivity index (χ4n) is 6.34. The fourth-order valence-corrected chi connectivity index (χ4v) is 6.34. The predicted molar refractivity (Wildman–Crippen MR) is 238 cm³/mol. The maximum absolute atomic E-state index is 12.0. The van der Waals surface area contributed by atoms with Crippen molar-refractivity contribution in [1.82, 2.24) is 10.2 Å². The second-order valence-corrected chi connectivity index (χ2v) is 16.7. The van der Waals surface area contributed by atoms with Crippen LogP contribution in [0.25, 0.3) is 0 Å². The first-order valence-electron chi connectivity index (χ1n) is 22.1. The van der Waals surface area contributed by atoms with Crippen molar-refractivity contribution in [1.29, 1.82) is 0 Å². The van der Waals surface area contributed by atoms with E-state index in [1.54, 1.807) is 13.8 Å². The molecule has 7 unspecified atom stereocenters. The number of rotatable bonds is 21. The fraction of sp³-hybridized carbons (Fsp3) is 0.933. The molecule has 1 saturated heterocycles. The Balaban J connectivity index is -0.000000556. The van der Waals surface area contributed by atoms with Gasteiger partial charge in [-0.15, -0.1) is 0 Å². The van der Waals surface area contributed by atoms with E-state index in [0.717, 1.165) is 12.8 Å². The third kappa shape index (κ3) is 29.4. The SMILES string of the molecule is CC.CC.CCCOC(C)[C@@H](C)OC(C)=O.CNC1CC(C)OC(O[C@H](C[C@H](O)C(C)C(=O)OC)[C@](C)(O)C[C@@H](C)CN(C)C(C)C(O)C(C)(C)C)C1.COC(=O)CCO. The van der Waals surface area contributed by atoms with E-state index in [0.29, 0.717) is 26.0 Å². The van der Waals surface area contributed by atoms with Crippen LogP contribution in [0.15, 0.2) is 0 Å². The zero-order chi connectivity index (χ0) is 48.0. The van der Waals surface area contributed by atoms with E-state index in [9.17, 15) is 29.7 Å². The van der Waals surface area contributed by atoms with E-state index in [1.807, 2.05) is 97.2 Å². The summed E-state index contributed by atoms with van der Waals surface area (Å²) >= 11 is 0. The minimum Gasteiger partial charge on any atom is -0.469 e. The molecule has 1 rings (SSSR count). The number of esters is 3. The first-order chi connectivity index (χ1) is 27.8. The molecule has 0 aromatic heterocycles. The van der Waals surface area contributed by atoms with Crippen LogP contribution in [0.2, 0.25) is 0 Å². The number of carbonyl (C=O) groups excluding carboxylic acids is 3. The molecule has 0 aromatic carbocycles. The van der Waals surface area contributed by atoms with Gasteiger partial charge in [-0.05, 0) is 86.2 Å². The minimum atomic E-state index is -1.30. The third-order valence-electron chi connectivity index (χ3n) is 10.0. The molecule has 0 spiro atoms. The van der Waals surface area contributed by atoms with Crippen molar-refractivity contribution in [3.05, 3.63) is 0 Å². The van der Waals surface area contributed by atoms with E-state index in [2.05, 4.69) is 21.9 Å². The quantitative estimate of drug-likeness (QED) is 0.0674. The van der Waals surface area contributed by atoms with Gasteiger partial charge < -0.3 is 59.1 Å². The summed E-state index contributed by atoms with van der Waals surface area (Å²) < 4.78 is 31.7. The van der Waals surface area contributed by atoms with Gasteiger partial charge in [0.25, 0.3) is 0 Å². The first kappa shape index (κ1) is 64.7. The van der Waals surface area contributed by atoms with Crippen LogP contribution >= 0.6 is 0 Å². The predicted octanol–water partition coefficient (Wildman–Crippen LogP) is 5.90. The summed E-state index contributed by atoms with van der Waals surface area (Å²) in [5.74, 6) is -1.83. The van der Waals surface area contributed by atoms with E-state index < -0.39 is 42.1 Å². The normalized spacial score (nSPS) is 21.2. The summed E-state index contributed by atoms with van der Waals surface area (Å²) in [5, 5.41) is 44.6. The molecule has 1 fully saturated rings. The highest BCUT2D eigenvalue weighted by atomic mass is 16.7. The van der Waals surface area contributed by atoms with Gasteiger partial charge in [0.15, 0.2) is 6.29 Å². The molecule has 15 heteroatoms. The lowest BCUT2D eigenvalue weighted by Crippen LogP contribution is -2.51. The average molecular weight is 871 g/mol. The number of hydrogen-bond acceptors (Lipinski definition) is 15. The van der Waals surface area contributed by atoms with Crippen molar-refractivity contribution in [2.75, 3.05) is 48.1 Å². The number of aliphatic hydroxyl groups excluding tert-OH is 3. The molecule has 0 aliphatic carbocycles. The van der Waals surface area contributed by atoms with E-state index in [1.165, 1.54) is 21.1 Å². The summed E-state index contributed by atoms with van der Waals surface area (Å²) in [6.07, 6.45) is -0.0310. The second kappa shape index (κ2) is 35.5. The van der Waals surface area contributed by atoms with Crippen molar-refractivity contribution < 1.29 is 63.2 Å². The summed E-state index contributed by atoms with van der Waals surface area (Å²) in [6, 6.07) is 0.166. The topological polar surface area (TPSA) is 203 Å². The monoisotopic (exact) mass is 871 g/mol. The highest BCUT2D eigenvalue weighted by Gasteiger charge is 2.41. The molecule has 0 aromatic rings. The lowest BCUT2D eigenvalue weighted by Gasteiger charge is -2.42. The molecule has 12 atom stereocenters. The van der Waals surface area contributed by atoms with Crippen molar-refractivity contribution in [3.8, 4) is 0 Å². The zero-order valence-electron chi connectivity index (χ0n) is 41.6. The van der Waals surface area contributed by atoms with Gasteiger partial charge in [-0.2, -0.15) is 0 Å². The minimum absolute atomic E-state index is 0.0102. The molecule has 1 heterocycles. The number of nitrogens with one attached hydrogen (secondary N) is 1. The van der Waals surface area contributed by atoms with Crippen LogP contribution in [-0.4, -0.2) is 152 Å². The molecule has 362 valence electrons. The Kier molecular flexibility index (Phi) is 38.3. The van der Waals surface area contributed by atoms with Crippen molar-refractivity contribution in [3.63, 3.8) is 0 Å². The zero-order valence-corrected chi connectivity index (χ0v) is 41.6. The third-order valence-corrected chi connectivity index (χ3v) is 10.0. The second-order valence-electron chi connectivity index (χ2n) is 16.7. The molecule has 1 aliphatic heterocycles. The lowest BCUT2D eigenvalue weighted by molar-refractivity contribution is -0.252. The van der Waals surface area contributed by atoms with Gasteiger partial charge in [-0.3, -0.25) is 14.4 Å². The number of ether oxygens (including phenoxy) is 6. The Morgan fingerprint density at radius 3 is 1.90 bits per heavy atom. The number of aliphatic hydroxyl groups is 4. The number of carbonyl (C=O) groups is 3. The van der Waals surface area contributed by atoms with Crippen molar-refractivity contribution >= 4 is 17.9 Å². The number of nitrogens with zero attached hydrogens (tertiary/aromatic N) is 1. The van der Waals surface area contributed by atoms with Gasteiger partial charge >= 0.3 is 17.9 Å². The Morgan fingerprint density at radius 1 is 0.933 bits per heavy atom. The van der Waals surface area contributed by atoms with E-state index in [-0.39, 0.29) is 73.1 Å². The summed E-state index contributed by atoms with van der Waals surface area (Å²) in [4.78, 5) is 34.7. The van der Waals surface area contributed by atoms with Crippen molar-refractivity contribution in [2.24, 2.45) is 17.3 Å². The highest BCUT2D eigenvalue weighted by molar-refractivity contribution is 5.72. The Hall–Kier alpha value is -1.95. The van der Waals surface area contributed by atoms with Crippen LogP contribution in [-0.2, 0) is 42.8 Å². The molecule has 0 bridgehead atoms. The summed E-state index contributed by atoms with van der Waals surface area (Å²) in [5.41, 5.74) is -1.54. The molecular weight excluding hydrogens is 776 g/mol. The van der Waals surface area contributed by atoms with E-state index in [4.69, 9.17) is 28.8 Å². The number of hydrogen-bond donors (Lipinski definition) is 5. The van der Waals surface area contributed by atoms with Crippen LogP contribution in [0, 0.1) is 17.3 Å². The van der Waals surface area contributed by atoms with Crippen LogP contribution < -0.4 is 5.32 Å². The molecule has 0 saturated carbocycles. The molecule has 1 aliphatic rings. The van der Waals surface area contributed by atoms with Crippen molar-refractivity contribution in [2.45, 2.75) is 210 Å². The number of methoxy groups -OCH3 is 2. The van der Waals surface area contributed by atoms with Crippen LogP contribution in [0.4, 0.5) is 0 Å². The molecule has 5 N–H and O–H groups in total. The lowest BCUT2D eigenvalue weighted by atomic mass is 9.82. The van der Waals surface area contributed by atoms with Crippen LogP contribution in [0.3, 0.4) is 0 Å². The Morgan fingerprint density at radius 2 is 1.48 bits per heavy atom. The summed E-state index contributed by atoms with van der Waals surface area (Å²) in [7, 11) is 6.47. The first-order valence-corrected chi connectivity index (χ1v) is 22.1. The Labute approximate surface area is 365 Å². The molecular formula is C45H94N2O13. The van der Waals surface area contributed by atoms with Gasteiger partial charge in [-0.1, -0.05) is 62.3 Å². The van der Waals surface area contributed by atoms with Crippen LogP contribution in [0.5, 0.6) is 0 Å². The molecule has 0 amide bonds.